The molecule has 3 rings (SSSR count). The molecule has 0 radical (unpaired) electrons. The van der Waals surface area contributed by atoms with Crippen LogP contribution in [-0.2, 0) is 5.41 Å². The Labute approximate surface area is 108 Å². The molecule has 1 heterocycles. The molecule has 1 atom stereocenters. The van der Waals surface area contributed by atoms with Crippen LogP contribution < -0.4 is 0 Å². The highest BCUT2D eigenvalue weighted by atomic mass is 14.8. The summed E-state index contributed by atoms with van der Waals surface area (Å²) in [5.74, 6) is 0. The molecule has 0 saturated carbocycles. The van der Waals surface area contributed by atoms with Gasteiger partial charge in [0.25, 0.3) is 0 Å². The van der Waals surface area contributed by atoms with E-state index in [4.69, 9.17) is 0 Å². The van der Waals surface area contributed by atoms with Crippen molar-refractivity contribution in [1.82, 2.24) is 0 Å². The summed E-state index contributed by atoms with van der Waals surface area (Å²) in [4.78, 5) is 4.62. The summed E-state index contributed by atoms with van der Waals surface area (Å²) in [6, 6.07) is 21.8. The fourth-order valence-electron chi connectivity index (χ4n) is 2.85. The minimum absolute atomic E-state index is 0.0397. The van der Waals surface area contributed by atoms with E-state index in [0.717, 1.165) is 6.42 Å². The quantitative estimate of drug-likeness (QED) is 0.750. The molecule has 0 amide bonds. The number of nitrogens with zero attached hydrogens (tertiary/aromatic N) is 1. The van der Waals surface area contributed by atoms with Crippen molar-refractivity contribution in [3.63, 3.8) is 0 Å². The maximum atomic E-state index is 4.62. The van der Waals surface area contributed by atoms with Crippen molar-refractivity contribution in [1.29, 1.82) is 0 Å². The molecule has 0 bridgehead atoms. The monoisotopic (exact) mass is 235 g/mol. The van der Waals surface area contributed by atoms with E-state index < -0.39 is 0 Å². The second-order valence-electron chi connectivity index (χ2n) is 5.03. The first-order valence-corrected chi connectivity index (χ1v) is 6.47. The Morgan fingerprint density at radius 3 is 1.78 bits per heavy atom. The Balaban J connectivity index is 2.15. The van der Waals surface area contributed by atoms with Crippen LogP contribution in [0.1, 0.15) is 24.5 Å². The van der Waals surface area contributed by atoms with Crippen LogP contribution in [0.3, 0.4) is 0 Å². The lowest BCUT2D eigenvalue weighted by molar-refractivity contribution is 0.598. The number of hydrogen-bond donors (Lipinski definition) is 0. The van der Waals surface area contributed by atoms with E-state index in [0.29, 0.717) is 6.04 Å². The molecule has 0 aliphatic carbocycles. The third-order valence-corrected chi connectivity index (χ3v) is 3.74. The molecule has 90 valence electrons. The predicted octanol–water partition coefficient (Wildman–Crippen LogP) is 3.84. The molecule has 1 unspecified atom stereocenters. The Kier molecular flexibility index (Phi) is 2.75. The van der Waals surface area contributed by atoms with Gasteiger partial charge in [-0.05, 0) is 24.5 Å². The SMILES string of the molecule is CC1CC(c2ccccc2)(c2ccccc2)C=N1. The second-order valence-corrected chi connectivity index (χ2v) is 5.03. The van der Waals surface area contributed by atoms with E-state index in [1.807, 2.05) is 0 Å². The van der Waals surface area contributed by atoms with Crippen LogP contribution in [0.25, 0.3) is 0 Å². The molecular weight excluding hydrogens is 218 g/mol. The Hall–Kier alpha value is -1.89. The minimum Gasteiger partial charge on any atom is -0.293 e. The molecule has 1 nitrogen and oxygen atoms in total. The van der Waals surface area contributed by atoms with Crippen molar-refractivity contribution in [3.8, 4) is 0 Å². The highest BCUT2D eigenvalue weighted by Gasteiger charge is 2.37. The van der Waals surface area contributed by atoms with Crippen LogP contribution in [0.15, 0.2) is 65.7 Å². The van der Waals surface area contributed by atoms with Gasteiger partial charge in [0.2, 0.25) is 0 Å². The normalized spacial score (nSPS) is 21.1. The van der Waals surface area contributed by atoms with Gasteiger partial charge in [0.1, 0.15) is 0 Å². The Morgan fingerprint density at radius 2 is 1.39 bits per heavy atom. The lowest BCUT2D eigenvalue weighted by Gasteiger charge is -2.28. The summed E-state index contributed by atoms with van der Waals surface area (Å²) in [6.07, 6.45) is 3.20. The first-order valence-electron chi connectivity index (χ1n) is 6.47. The number of hydrogen-bond acceptors (Lipinski definition) is 1. The fraction of sp³-hybridized carbons (Fsp3) is 0.235. The van der Waals surface area contributed by atoms with Gasteiger partial charge in [-0.1, -0.05) is 60.7 Å². The van der Waals surface area contributed by atoms with Gasteiger partial charge < -0.3 is 0 Å². The summed E-state index contributed by atoms with van der Waals surface area (Å²) < 4.78 is 0. The zero-order chi connectivity index (χ0) is 12.4. The molecule has 0 saturated heterocycles. The molecule has 18 heavy (non-hydrogen) atoms. The average molecular weight is 235 g/mol. The molecule has 0 N–H and O–H groups in total. The summed E-state index contributed by atoms with van der Waals surface area (Å²) >= 11 is 0. The Bertz CT molecular complexity index is 503. The molecule has 1 heteroatoms. The number of rotatable bonds is 2. The third kappa shape index (κ3) is 1.76. The topological polar surface area (TPSA) is 12.4 Å². The van der Waals surface area contributed by atoms with Crippen molar-refractivity contribution < 1.29 is 0 Å². The molecule has 2 aromatic carbocycles. The average Bonchev–Trinajstić information content (AvgIpc) is 2.84. The molecular formula is C17H17N. The van der Waals surface area contributed by atoms with Crippen LogP contribution in [-0.4, -0.2) is 12.3 Å². The highest BCUT2D eigenvalue weighted by molar-refractivity contribution is 5.81. The predicted molar refractivity (Wildman–Crippen MR) is 76.2 cm³/mol. The summed E-state index contributed by atoms with van der Waals surface area (Å²) in [7, 11) is 0. The standard InChI is InChI=1S/C17H17N/c1-14-12-17(13-18-14,15-8-4-2-5-9-15)16-10-6-3-7-11-16/h2-11,13-14H,12H2,1H3. The van der Waals surface area contributed by atoms with Crippen LogP contribution >= 0.6 is 0 Å². The van der Waals surface area contributed by atoms with Crippen LogP contribution in [0.4, 0.5) is 0 Å². The molecule has 1 aliphatic rings. The highest BCUT2D eigenvalue weighted by Crippen LogP contribution is 2.39. The van der Waals surface area contributed by atoms with Crippen molar-refractivity contribution in [3.05, 3.63) is 71.8 Å². The van der Waals surface area contributed by atoms with E-state index in [1.54, 1.807) is 0 Å². The lowest BCUT2D eigenvalue weighted by Crippen LogP contribution is -2.28. The van der Waals surface area contributed by atoms with Gasteiger partial charge >= 0.3 is 0 Å². The van der Waals surface area contributed by atoms with Gasteiger partial charge in [0, 0.05) is 12.3 Å². The Morgan fingerprint density at radius 1 is 0.889 bits per heavy atom. The van der Waals surface area contributed by atoms with Crippen molar-refractivity contribution in [2.75, 3.05) is 0 Å². The largest absolute Gasteiger partial charge is 0.293 e. The summed E-state index contributed by atoms with van der Waals surface area (Å²) in [5, 5.41) is 0. The van der Waals surface area contributed by atoms with Crippen molar-refractivity contribution in [2.45, 2.75) is 24.8 Å². The zero-order valence-corrected chi connectivity index (χ0v) is 10.6. The smallest absolute Gasteiger partial charge is 0.0570 e. The van der Waals surface area contributed by atoms with Crippen LogP contribution in [0.2, 0.25) is 0 Å². The lowest BCUT2D eigenvalue weighted by atomic mass is 9.73. The van der Waals surface area contributed by atoms with Crippen molar-refractivity contribution >= 4 is 6.21 Å². The van der Waals surface area contributed by atoms with Gasteiger partial charge in [0.15, 0.2) is 0 Å². The third-order valence-electron chi connectivity index (χ3n) is 3.74. The summed E-state index contributed by atoms with van der Waals surface area (Å²) in [6.45, 7) is 2.18. The van der Waals surface area contributed by atoms with Gasteiger partial charge in [0.05, 0.1) is 5.41 Å². The zero-order valence-electron chi connectivity index (χ0n) is 10.6. The molecule has 1 aliphatic heterocycles. The minimum atomic E-state index is -0.0397. The van der Waals surface area contributed by atoms with E-state index in [2.05, 4.69) is 78.8 Å². The van der Waals surface area contributed by atoms with Crippen LogP contribution in [0.5, 0.6) is 0 Å². The van der Waals surface area contributed by atoms with Crippen LogP contribution in [0, 0.1) is 0 Å². The first-order chi connectivity index (χ1) is 8.81. The van der Waals surface area contributed by atoms with E-state index in [1.165, 1.54) is 11.1 Å². The van der Waals surface area contributed by atoms with E-state index >= 15 is 0 Å². The molecule has 0 aromatic heterocycles. The van der Waals surface area contributed by atoms with Gasteiger partial charge in [-0.15, -0.1) is 0 Å². The van der Waals surface area contributed by atoms with E-state index in [-0.39, 0.29) is 5.41 Å². The van der Waals surface area contributed by atoms with Gasteiger partial charge in [-0.3, -0.25) is 4.99 Å². The van der Waals surface area contributed by atoms with Crippen molar-refractivity contribution in [2.24, 2.45) is 4.99 Å². The summed E-state index contributed by atoms with van der Waals surface area (Å²) in [5.41, 5.74) is 2.63. The van der Waals surface area contributed by atoms with E-state index in [9.17, 15) is 0 Å². The number of aliphatic imine (C=N–C) groups is 1. The van der Waals surface area contributed by atoms with Gasteiger partial charge in [-0.25, -0.2) is 0 Å². The first kappa shape index (κ1) is 11.2. The fourth-order valence-corrected chi connectivity index (χ4v) is 2.85. The van der Waals surface area contributed by atoms with Gasteiger partial charge in [-0.2, -0.15) is 0 Å². The molecule has 2 aromatic rings. The second kappa shape index (κ2) is 4.41. The molecule has 0 spiro atoms. The maximum absolute atomic E-state index is 4.62. The number of benzene rings is 2. The molecule has 0 fully saturated rings. The maximum Gasteiger partial charge on any atom is 0.0570 e.